The van der Waals surface area contributed by atoms with Gasteiger partial charge in [0.25, 0.3) is 0 Å². The van der Waals surface area contributed by atoms with E-state index in [0.717, 1.165) is 30.1 Å². The molecule has 0 radical (unpaired) electrons. The predicted molar refractivity (Wildman–Crippen MR) is 77.3 cm³/mol. The van der Waals surface area contributed by atoms with Crippen molar-refractivity contribution in [3.8, 4) is 11.5 Å². The summed E-state index contributed by atoms with van der Waals surface area (Å²) in [5, 5.41) is 0. The lowest BCUT2D eigenvalue weighted by Gasteiger charge is -2.11. The van der Waals surface area contributed by atoms with Crippen molar-refractivity contribution in [1.82, 2.24) is 0 Å². The third kappa shape index (κ3) is 4.82. The van der Waals surface area contributed by atoms with Crippen LogP contribution in [0.15, 0.2) is 24.3 Å². The van der Waals surface area contributed by atoms with E-state index in [4.69, 9.17) is 9.47 Å². The van der Waals surface area contributed by atoms with Crippen LogP contribution in [0.2, 0.25) is 0 Å². The van der Waals surface area contributed by atoms with Crippen LogP contribution in [0.4, 0.5) is 0 Å². The molecule has 0 aliphatic rings. The fourth-order valence-electron chi connectivity index (χ4n) is 1.81. The van der Waals surface area contributed by atoms with Crippen LogP contribution in [-0.4, -0.2) is 13.7 Å². The van der Waals surface area contributed by atoms with Crippen molar-refractivity contribution in [3.63, 3.8) is 0 Å². The molecule has 2 nitrogen and oxygen atoms in total. The standard InChI is InChI=1S/C16H24O2/c1-4-6-7-8-12-18-15-11-10-14(9-5-2)13-16(15)17-3/h5,9-11,13H,4,6-8,12H2,1-3H3. The Balaban J connectivity index is 2.54. The lowest BCUT2D eigenvalue weighted by atomic mass is 10.2. The number of allylic oxidation sites excluding steroid dienone is 1. The van der Waals surface area contributed by atoms with E-state index in [1.807, 2.05) is 37.3 Å². The molecule has 0 aromatic heterocycles. The molecular formula is C16H24O2. The summed E-state index contributed by atoms with van der Waals surface area (Å²) in [5.41, 5.74) is 1.13. The molecule has 0 bridgehead atoms. The fourth-order valence-corrected chi connectivity index (χ4v) is 1.81. The van der Waals surface area contributed by atoms with Crippen LogP contribution in [0.25, 0.3) is 6.08 Å². The number of methoxy groups -OCH3 is 1. The van der Waals surface area contributed by atoms with E-state index in [-0.39, 0.29) is 0 Å². The molecule has 0 saturated heterocycles. The average Bonchev–Trinajstić information content (AvgIpc) is 2.40. The summed E-state index contributed by atoms with van der Waals surface area (Å²) in [5.74, 6) is 1.64. The second-order valence-corrected chi connectivity index (χ2v) is 4.32. The molecule has 1 rings (SSSR count). The van der Waals surface area contributed by atoms with Gasteiger partial charge in [0.15, 0.2) is 11.5 Å². The zero-order chi connectivity index (χ0) is 13.2. The molecule has 100 valence electrons. The first-order valence-electron chi connectivity index (χ1n) is 6.75. The minimum atomic E-state index is 0.763. The van der Waals surface area contributed by atoms with Crippen LogP contribution in [0.3, 0.4) is 0 Å². The Hall–Kier alpha value is -1.44. The number of ether oxygens (including phenoxy) is 2. The molecule has 0 unspecified atom stereocenters. The average molecular weight is 248 g/mol. The lowest BCUT2D eigenvalue weighted by molar-refractivity contribution is 0.285. The minimum absolute atomic E-state index is 0.763. The summed E-state index contributed by atoms with van der Waals surface area (Å²) in [4.78, 5) is 0. The Morgan fingerprint density at radius 1 is 1.11 bits per heavy atom. The second-order valence-electron chi connectivity index (χ2n) is 4.32. The molecule has 0 heterocycles. The van der Waals surface area contributed by atoms with Crippen molar-refractivity contribution >= 4 is 6.08 Å². The highest BCUT2D eigenvalue weighted by Crippen LogP contribution is 2.28. The van der Waals surface area contributed by atoms with Gasteiger partial charge in [-0.15, -0.1) is 0 Å². The molecule has 0 saturated carbocycles. The fraction of sp³-hybridized carbons (Fsp3) is 0.500. The summed E-state index contributed by atoms with van der Waals surface area (Å²) < 4.78 is 11.1. The highest BCUT2D eigenvalue weighted by molar-refractivity contribution is 5.55. The Morgan fingerprint density at radius 3 is 2.61 bits per heavy atom. The zero-order valence-corrected chi connectivity index (χ0v) is 11.7. The van der Waals surface area contributed by atoms with Crippen molar-refractivity contribution in [2.24, 2.45) is 0 Å². The molecule has 0 aliphatic heterocycles. The van der Waals surface area contributed by atoms with E-state index >= 15 is 0 Å². The van der Waals surface area contributed by atoms with Gasteiger partial charge in [-0.25, -0.2) is 0 Å². The van der Waals surface area contributed by atoms with E-state index in [1.165, 1.54) is 19.3 Å². The van der Waals surface area contributed by atoms with Crippen LogP contribution >= 0.6 is 0 Å². The maximum absolute atomic E-state index is 5.76. The monoisotopic (exact) mass is 248 g/mol. The van der Waals surface area contributed by atoms with E-state index in [0.29, 0.717) is 0 Å². The lowest BCUT2D eigenvalue weighted by Crippen LogP contribution is -1.99. The van der Waals surface area contributed by atoms with E-state index in [9.17, 15) is 0 Å². The van der Waals surface area contributed by atoms with Crippen molar-refractivity contribution in [1.29, 1.82) is 0 Å². The molecule has 0 amide bonds. The van der Waals surface area contributed by atoms with E-state index in [1.54, 1.807) is 7.11 Å². The van der Waals surface area contributed by atoms with Crippen molar-refractivity contribution in [2.45, 2.75) is 39.5 Å². The molecule has 0 fully saturated rings. The highest BCUT2D eigenvalue weighted by Gasteiger charge is 2.04. The van der Waals surface area contributed by atoms with E-state index in [2.05, 4.69) is 6.92 Å². The number of rotatable bonds is 8. The molecule has 1 aromatic carbocycles. The summed E-state index contributed by atoms with van der Waals surface area (Å²) >= 11 is 0. The summed E-state index contributed by atoms with van der Waals surface area (Å²) in [6, 6.07) is 6.03. The molecule has 2 heteroatoms. The van der Waals surface area contributed by atoms with Crippen LogP contribution in [0.5, 0.6) is 11.5 Å². The van der Waals surface area contributed by atoms with Gasteiger partial charge in [-0.1, -0.05) is 44.4 Å². The largest absolute Gasteiger partial charge is 0.493 e. The normalized spacial score (nSPS) is 10.8. The second kappa shape index (κ2) is 8.62. The smallest absolute Gasteiger partial charge is 0.161 e. The van der Waals surface area contributed by atoms with Crippen molar-refractivity contribution in [2.75, 3.05) is 13.7 Å². The van der Waals surface area contributed by atoms with Gasteiger partial charge in [-0.05, 0) is 31.0 Å². The zero-order valence-electron chi connectivity index (χ0n) is 11.7. The van der Waals surface area contributed by atoms with Gasteiger partial charge in [0.2, 0.25) is 0 Å². The van der Waals surface area contributed by atoms with Gasteiger partial charge in [-0.2, -0.15) is 0 Å². The molecule has 18 heavy (non-hydrogen) atoms. The van der Waals surface area contributed by atoms with Gasteiger partial charge in [0.05, 0.1) is 13.7 Å². The third-order valence-corrected chi connectivity index (χ3v) is 2.80. The van der Waals surface area contributed by atoms with Crippen LogP contribution in [-0.2, 0) is 0 Å². The minimum Gasteiger partial charge on any atom is -0.493 e. The Labute approximate surface area is 111 Å². The first kappa shape index (κ1) is 14.6. The number of hydrogen-bond donors (Lipinski definition) is 0. The van der Waals surface area contributed by atoms with Crippen molar-refractivity contribution < 1.29 is 9.47 Å². The molecule has 1 aromatic rings. The SMILES string of the molecule is CC=Cc1ccc(OCCCCCC)c(OC)c1. The molecular weight excluding hydrogens is 224 g/mol. The van der Waals surface area contributed by atoms with Crippen LogP contribution < -0.4 is 9.47 Å². The van der Waals surface area contributed by atoms with Crippen LogP contribution in [0, 0.1) is 0 Å². The van der Waals surface area contributed by atoms with Gasteiger partial charge in [0.1, 0.15) is 0 Å². The molecule has 0 spiro atoms. The van der Waals surface area contributed by atoms with Crippen LogP contribution in [0.1, 0.15) is 45.1 Å². The summed E-state index contributed by atoms with van der Waals surface area (Å²) in [7, 11) is 1.68. The summed E-state index contributed by atoms with van der Waals surface area (Å²) in [6.07, 6.45) is 8.93. The number of benzene rings is 1. The number of hydrogen-bond acceptors (Lipinski definition) is 2. The first-order valence-corrected chi connectivity index (χ1v) is 6.75. The maximum Gasteiger partial charge on any atom is 0.161 e. The predicted octanol–water partition coefficient (Wildman–Crippen LogP) is 4.69. The topological polar surface area (TPSA) is 18.5 Å². The number of unbranched alkanes of at least 4 members (excludes halogenated alkanes) is 3. The Bertz CT molecular complexity index is 369. The maximum atomic E-state index is 5.76. The van der Waals surface area contributed by atoms with Crippen molar-refractivity contribution in [3.05, 3.63) is 29.8 Å². The quantitative estimate of drug-likeness (QED) is 0.621. The van der Waals surface area contributed by atoms with Gasteiger partial charge >= 0.3 is 0 Å². The van der Waals surface area contributed by atoms with Gasteiger partial charge < -0.3 is 9.47 Å². The third-order valence-electron chi connectivity index (χ3n) is 2.80. The van der Waals surface area contributed by atoms with E-state index < -0.39 is 0 Å². The molecule has 0 atom stereocenters. The summed E-state index contributed by atoms with van der Waals surface area (Å²) in [6.45, 7) is 4.98. The first-order chi connectivity index (χ1) is 8.81. The Morgan fingerprint density at radius 2 is 1.94 bits per heavy atom. The van der Waals surface area contributed by atoms with Gasteiger partial charge in [-0.3, -0.25) is 0 Å². The molecule has 0 aliphatic carbocycles. The Kier molecular flexibility index (Phi) is 7.00. The molecule has 0 N–H and O–H groups in total. The van der Waals surface area contributed by atoms with Gasteiger partial charge in [0, 0.05) is 0 Å². The highest BCUT2D eigenvalue weighted by atomic mass is 16.5.